The molecule has 2 aromatic rings. The summed E-state index contributed by atoms with van der Waals surface area (Å²) in [5.74, 6) is 0.168. The normalized spacial score (nSPS) is 10.5. The van der Waals surface area contributed by atoms with Crippen molar-refractivity contribution in [1.29, 1.82) is 0 Å². The maximum absolute atomic E-state index is 10.5. The average Bonchev–Trinajstić information content (AvgIpc) is 2.72. The van der Waals surface area contributed by atoms with E-state index in [1.54, 1.807) is 18.4 Å². The van der Waals surface area contributed by atoms with Gasteiger partial charge in [-0.25, -0.2) is 4.98 Å². The van der Waals surface area contributed by atoms with E-state index in [1.165, 1.54) is 0 Å². The summed E-state index contributed by atoms with van der Waals surface area (Å²) in [4.78, 5) is 17.6. The molecule has 0 aromatic carbocycles. The highest BCUT2D eigenvalue weighted by Gasteiger charge is 2.12. The Morgan fingerprint density at radius 1 is 1.67 bits per heavy atom. The molecule has 5 heteroatoms. The Balaban J connectivity index is 2.34. The van der Waals surface area contributed by atoms with Crippen molar-refractivity contribution in [2.75, 3.05) is 0 Å². The molecule has 2 N–H and O–H groups in total. The van der Waals surface area contributed by atoms with E-state index in [9.17, 15) is 4.79 Å². The maximum Gasteiger partial charge on any atom is 0.311 e. The number of aryl methyl sites for hydroxylation is 1. The third kappa shape index (κ3) is 1.90. The van der Waals surface area contributed by atoms with Crippen LogP contribution in [0.25, 0.3) is 11.5 Å². The number of nitrogens with zero attached hydrogens (tertiary/aromatic N) is 1. The number of imidazole rings is 1. The van der Waals surface area contributed by atoms with Crippen LogP contribution in [-0.4, -0.2) is 21.0 Å². The summed E-state index contributed by atoms with van der Waals surface area (Å²) in [6, 6.07) is 3.55. The van der Waals surface area contributed by atoms with Gasteiger partial charge in [0.25, 0.3) is 0 Å². The number of aromatic amines is 1. The van der Waals surface area contributed by atoms with Crippen LogP contribution in [0.4, 0.5) is 0 Å². The molecular weight excluding hydrogens is 196 g/mol. The second kappa shape index (κ2) is 3.61. The Morgan fingerprint density at radius 2 is 2.47 bits per heavy atom. The zero-order valence-corrected chi connectivity index (χ0v) is 8.15. The Labute approximate surface area is 85.8 Å². The van der Waals surface area contributed by atoms with Gasteiger partial charge in [0.1, 0.15) is 17.9 Å². The molecule has 0 saturated carbocycles. The Hall–Kier alpha value is -2.04. The van der Waals surface area contributed by atoms with Gasteiger partial charge in [-0.15, -0.1) is 0 Å². The number of carboxylic acid groups (broad SMARTS) is 1. The van der Waals surface area contributed by atoms with Crippen LogP contribution in [0.2, 0.25) is 0 Å². The SMILES string of the molecule is Cc1[nH]c(CC(=O)O)nc1-c1ccco1. The molecule has 0 fully saturated rings. The van der Waals surface area contributed by atoms with Gasteiger partial charge < -0.3 is 14.5 Å². The van der Waals surface area contributed by atoms with Crippen LogP contribution in [0.1, 0.15) is 11.5 Å². The number of aromatic nitrogens is 2. The first-order valence-corrected chi connectivity index (χ1v) is 4.48. The van der Waals surface area contributed by atoms with Gasteiger partial charge in [-0.05, 0) is 19.1 Å². The highest BCUT2D eigenvalue weighted by Crippen LogP contribution is 2.21. The van der Waals surface area contributed by atoms with Gasteiger partial charge >= 0.3 is 5.97 Å². The van der Waals surface area contributed by atoms with Gasteiger partial charge in [0.05, 0.1) is 6.26 Å². The van der Waals surface area contributed by atoms with E-state index in [0.29, 0.717) is 17.3 Å². The minimum absolute atomic E-state index is 0.110. The zero-order chi connectivity index (χ0) is 10.8. The lowest BCUT2D eigenvalue weighted by atomic mass is 10.3. The van der Waals surface area contributed by atoms with E-state index in [0.717, 1.165) is 5.69 Å². The van der Waals surface area contributed by atoms with E-state index in [4.69, 9.17) is 9.52 Å². The van der Waals surface area contributed by atoms with Gasteiger partial charge in [0.2, 0.25) is 0 Å². The first kappa shape index (κ1) is 9.51. The van der Waals surface area contributed by atoms with Crippen LogP contribution in [0.5, 0.6) is 0 Å². The highest BCUT2D eigenvalue weighted by molar-refractivity contribution is 5.69. The molecule has 78 valence electrons. The fourth-order valence-electron chi connectivity index (χ4n) is 1.40. The molecule has 0 spiro atoms. The molecule has 0 aliphatic carbocycles. The molecule has 0 radical (unpaired) electrons. The Bertz CT molecular complexity index is 471. The van der Waals surface area contributed by atoms with Crippen molar-refractivity contribution >= 4 is 5.97 Å². The second-order valence-corrected chi connectivity index (χ2v) is 3.20. The lowest BCUT2D eigenvalue weighted by Gasteiger charge is -1.89. The molecule has 2 heterocycles. The lowest BCUT2D eigenvalue weighted by molar-refractivity contribution is -0.136. The van der Waals surface area contributed by atoms with Gasteiger partial charge in [-0.1, -0.05) is 0 Å². The molecule has 0 unspecified atom stereocenters. The number of H-pyrrole nitrogens is 1. The van der Waals surface area contributed by atoms with Crippen molar-refractivity contribution in [1.82, 2.24) is 9.97 Å². The zero-order valence-electron chi connectivity index (χ0n) is 8.15. The monoisotopic (exact) mass is 206 g/mol. The number of rotatable bonds is 3. The Kier molecular flexibility index (Phi) is 2.29. The van der Waals surface area contributed by atoms with Crippen molar-refractivity contribution in [2.24, 2.45) is 0 Å². The van der Waals surface area contributed by atoms with Crippen molar-refractivity contribution in [3.05, 3.63) is 29.9 Å². The third-order valence-corrected chi connectivity index (χ3v) is 2.01. The van der Waals surface area contributed by atoms with Gasteiger partial charge in [0.15, 0.2) is 5.76 Å². The van der Waals surface area contributed by atoms with Crippen molar-refractivity contribution in [2.45, 2.75) is 13.3 Å². The van der Waals surface area contributed by atoms with Crippen molar-refractivity contribution in [3.63, 3.8) is 0 Å². The molecule has 2 aromatic heterocycles. The third-order valence-electron chi connectivity index (χ3n) is 2.01. The molecule has 0 bridgehead atoms. The summed E-state index contributed by atoms with van der Waals surface area (Å²) in [6.45, 7) is 1.83. The molecule has 15 heavy (non-hydrogen) atoms. The van der Waals surface area contributed by atoms with Gasteiger partial charge in [0, 0.05) is 5.69 Å². The summed E-state index contributed by atoms with van der Waals surface area (Å²) in [5, 5.41) is 8.61. The Morgan fingerprint density at radius 3 is 3.07 bits per heavy atom. The van der Waals surface area contributed by atoms with Crippen LogP contribution in [0.15, 0.2) is 22.8 Å². The van der Waals surface area contributed by atoms with E-state index < -0.39 is 5.97 Å². The minimum Gasteiger partial charge on any atom is -0.481 e. The quantitative estimate of drug-likeness (QED) is 0.799. The number of hydrogen-bond acceptors (Lipinski definition) is 3. The molecule has 2 rings (SSSR count). The summed E-state index contributed by atoms with van der Waals surface area (Å²) >= 11 is 0. The van der Waals surface area contributed by atoms with Crippen LogP contribution in [-0.2, 0) is 11.2 Å². The van der Waals surface area contributed by atoms with E-state index >= 15 is 0 Å². The first-order chi connectivity index (χ1) is 7.16. The smallest absolute Gasteiger partial charge is 0.311 e. The van der Waals surface area contributed by atoms with Gasteiger partial charge in [-0.3, -0.25) is 4.79 Å². The van der Waals surface area contributed by atoms with Crippen LogP contribution >= 0.6 is 0 Å². The maximum atomic E-state index is 10.5. The fraction of sp³-hybridized carbons (Fsp3) is 0.200. The molecule has 0 amide bonds. The molecular formula is C10H10N2O3. The summed E-state index contributed by atoms with van der Waals surface area (Å²) in [7, 11) is 0. The van der Waals surface area contributed by atoms with Crippen molar-refractivity contribution in [3.8, 4) is 11.5 Å². The van der Waals surface area contributed by atoms with Gasteiger partial charge in [-0.2, -0.15) is 0 Å². The molecule has 0 atom stereocenters. The number of aliphatic carboxylic acids is 1. The predicted molar refractivity (Wildman–Crippen MR) is 52.4 cm³/mol. The number of carboxylic acids is 1. The van der Waals surface area contributed by atoms with E-state index in [1.807, 2.05) is 6.92 Å². The standard InChI is InChI=1S/C10H10N2O3/c1-6-10(7-3-2-4-15-7)12-8(11-6)5-9(13)14/h2-4H,5H2,1H3,(H,11,12)(H,13,14). The van der Waals surface area contributed by atoms with E-state index in [-0.39, 0.29) is 6.42 Å². The lowest BCUT2D eigenvalue weighted by Crippen LogP contribution is -2.01. The molecule has 5 nitrogen and oxygen atoms in total. The second-order valence-electron chi connectivity index (χ2n) is 3.20. The van der Waals surface area contributed by atoms with Crippen LogP contribution in [0.3, 0.4) is 0 Å². The molecule has 0 saturated heterocycles. The first-order valence-electron chi connectivity index (χ1n) is 4.48. The van der Waals surface area contributed by atoms with E-state index in [2.05, 4.69) is 9.97 Å². The molecule has 0 aliphatic heterocycles. The molecule has 0 aliphatic rings. The van der Waals surface area contributed by atoms with Crippen molar-refractivity contribution < 1.29 is 14.3 Å². The summed E-state index contributed by atoms with van der Waals surface area (Å²) in [6.07, 6.45) is 1.45. The summed E-state index contributed by atoms with van der Waals surface area (Å²) in [5.41, 5.74) is 1.47. The predicted octanol–water partition coefficient (Wildman–Crippen LogP) is 1.61. The number of hydrogen-bond donors (Lipinski definition) is 2. The number of nitrogens with one attached hydrogen (secondary N) is 1. The fourth-order valence-corrected chi connectivity index (χ4v) is 1.40. The largest absolute Gasteiger partial charge is 0.481 e. The van der Waals surface area contributed by atoms with Crippen LogP contribution < -0.4 is 0 Å². The van der Waals surface area contributed by atoms with Crippen LogP contribution in [0, 0.1) is 6.92 Å². The topological polar surface area (TPSA) is 79.1 Å². The number of furan rings is 1. The minimum atomic E-state index is -0.908. The average molecular weight is 206 g/mol. The highest BCUT2D eigenvalue weighted by atomic mass is 16.4. The summed E-state index contributed by atoms with van der Waals surface area (Å²) < 4.78 is 5.19. The number of carbonyl (C=O) groups is 1.